The van der Waals surface area contributed by atoms with Crippen molar-refractivity contribution in [1.29, 1.82) is 0 Å². The zero-order valence-corrected chi connectivity index (χ0v) is 20.4. The molecule has 28 heavy (non-hydrogen) atoms. The van der Waals surface area contributed by atoms with E-state index in [1.807, 2.05) is 0 Å². The molecule has 8 nitrogen and oxygen atoms in total. The minimum Gasteiger partial charge on any atom is -0.450 e. The highest BCUT2D eigenvalue weighted by molar-refractivity contribution is 14.0. The van der Waals surface area contributed by atoms with Crippen LogP contribution in [0, 0.1) is 5.92 Å². The van der Waals surface area contributed by atoms with Crippen LogP contribution in [0.25, 0.3) is 0 Å². The van der Waals surface area contributed by atoms with E-state index < -0.39 is 6.09 Å². The largest absolute Gasteiger partial charge is 0.450 e. The minimum atomic E-state index is -0.401. The van der Waals surface area contributed by atoms with E-state index in [2.05, 4.69) is 60.5 Å². The smallest absolute Gasteiger partial charge is 0.407 e. The number of aromatic nitrogens is 1. The molecule has 0 saturated carbocycles. The van der Waals surface area contributed by atoms with Gasteiger partial charge in [0.1, 0.15) is 5.76 Å². The summed E-state index contributed by atoms with van der Waals surface area (Å²) >= 11 is 0. The third-order valence-corrected chi connectivity index (χ3v) is 3.79. The van der Waals surface area contributed by atoms with Crippen molar-refractivity contribution in [3.05, 3.63) is 17.8 Å². The van der Waals surface area contributed by atoms with E-state index in [0.717, 1.165) is 12.2 Å². The van der Waals surface area contributed by atoms with Crippen molar-refractivity contribution in [3.8, 4) is 0 Å². The Labute approximate surface area is 185 Å². The fourth-order valence-corrected chi connectivity index (χ4v) is 2.44. The normalized spacial score (nSPS) is 12.9. The molecule has 0 saturated heterocycles. The molecule has 0 radical (unpaired) electrons. The van der Waals surface area contributed by atoms with Crippen molar-refractivity contribution in [2.45, 2.75) is 66.0 Å². The molecule has 1 atom stereocenters. The highest BCUT2D eigenvalue weighted by Gasteiger charge is 2.19. The number of carbonyl (C=O) groups excluding carboxylic acids is 1. The number of guanidine groups is 1. The molecule has 0 aliphatic rings. The molecule has 0 aliphatic heterocycles. The number of hydrogen-bond donors (Lipinski definition) is 3. The van der Waals surface area contributed by atoms with Crippen LogP contribution in [0.15, 0.2) is 15.6 Å². The third-order valence-electron chi connectivity index (χ3n) is 3.79. The lowest BCUT2D eigenvalue weighted by molar-refractivity contribution is 0.146. The second-order valence-electron chi connectivity index (χ2n) is 7.87. The van der Waals surface area contributed by atoms with Gasteiger partial charge in [-0.25, -0.2) is 9.78 Å². The molecule has 1 rings (SSSR count). The molecule has 1 aromatic heterocycles. The van der Waals surface area contributed by atoms with Crippen LogP contribution in [0.4, 0.5) is 4.79 Å². The average molecular weight is 509 g/mol. The van der Waals surface area contributed by atoms with Crippen LogP contribution in [0.3, 0.4) is 0 Å². The Morgan fingerprint density at radius 1 is 1.32 bits per heavy atom. The van der Waals surface area contributed by atoms with Crippen molar-refractivity contribution < 1.29 is 13.9 Å². The molecule has 162 valence electrons. The molecule has 0 aliphatic carbocycles. The predicted molar refractivity (Wildman–Crippen MR) is 122 cm³/mol. The lowest BCUT2D eigenvalue weighted by atomic mass is 9.94. The van der Waals surface area contributed by atoms with Gasteiger partial charge in [0.05, 0.1) is 19.3 Å². The number of ether oxygens (including phenoxy) is 1. The van der Waals surface area contributed by atoms with Crippen LogP contribution in [0.1, 0.15) is 59.6 Å². The summed E-state index contributed by atoms with van der Waals surface area (Å²) in [6, 6.07) is -0.0585. The summed E-state index contributed by atoms with van der Waals surface area (Å²) in [5.41, 5.74) is -0.0754. The van der Waals surface area contributed by atoms with E-state index in [9.17, 15) is 4.79 Å². The Balaban J connectivity index is 0.00000729. The maximum Gasteiger partial charge on any atom is 0.407 e. The van der Waals surface area contributed by atoms with E-state index in [-0.39, 0.29) is 35.4 Å². The molecule has 0 aromatic carbocycles. The Morgan fingerprint density at radius 2 is 2.00 bits per heavy atom. The molecule has 1 amide bonds. The molecule has 1 heterocycles. The zero-order valence-electron chi connectivity index (χ0n) is 18.1. The molecule has 0 fully saturated rings. The standard InChI is InChI=1S/C19H35N5O3.HI/c1-8-26-18(25)24-14(9-13(2)3)10-22-17(20-7)23-12-16-21-11-15(27-16)19(4,5)6;/h11,13-14H,8-10,12H2,1-7H3,(H,24,25)(H2,20,22,23);1H. The van der Waals surface area contributed by atoms with Crippen molar-refractivity contribution in [1.82, 2.24) is 20.9 Å². The summed E-state index contributed by atoms with van der Waals surface area (Å²) in [7, 11) is 1.70. The number of nitrogens with one attached hydrogen (secondary N) is 3. The molecular formula is C19H36IN5O3. The monoisotopic (exact) mass is 509 g/mol. The maximum atomic E-state index is 11.7. The van der Waals surface area contributed by atoms with Crippen molar-refractivity contribution in [2.24, 2.45) is 10.9 Å². The SMILES string of the molecule is CCOC(=O)NC(CNC(=NC)NCc1ncc(C(C)(C)C)o1)CC(C)C.I. The zero-order chi connectivity index (χ0) is 20.4. The Morgan fingerprint density at radius 3 is 2.50 bits per heavy atom. The van der Waals surface area contributed by atoms with Gasteiger partial charge in [0.25, 0.3) is 0 Å². The molecule has 9 heteroatoms. The molecular weight excluding hydrogens is 473 g/mol. The van der Waals surface area contributed by atoms with Gasteiger partial charge in [-0.2, -0.15) is 0 Å². The lowest BCUT2D eigenvalue weighted by Gasteiger charge is -2.22. The molecule has 3 N–H and O–H groups in total. The Kier molecular flexibility index (Phi) is 12.1. The number of aliphatic imine (C=N–C) groups is 1. The number of halogens is 1. The summed E-state index contributed by atoms with van der Waals surface area (Å²) in [5, 5.41) is 9.29. The van der Waals surface area contributed by atoms with Gasteiger partial charge in [0, 0.05) is 25.0 Å². The summed E-state index contributed by atoms with van der Waals surface area (Å²) in [5.74, 6) is 2.51. The number of amides is 1. The van der Waals surface area contributed by atoms with E-state index in [4.69, 9.17) is 9.15 Å². The first-order valence-corrected chi connectivity index (χ1v) is 9.48. The van der Waals surface area contributed by atoms with Gasteiger partial charge in [-0.15, -0.1) is 24.0 Å². The van der Waals surface area contributed by atoms with Gasteiger partial charge in [0.2, 0.25) is 5.89 Å². The van der Waals surface area contributed by atoms with Crippen LogP contribution < -0.4 is 16.0 Å². The van der Waals surface area contributed by atoms with Crippen LogP contribution in [-0.4, -0.2) is 43.3 Å². The highest BCUT2D eigenvalue weighted by atomic mass is 127. The second-order valence-corrected chi connectivity index (χ2v) is 7.87. The van der Waals surface area contributed by atoms with Crippen molar-refractivity contribution in [3.63, 3.8) is 0 Å². The summed E-state index contributed by atoms with van der Waals surface area (Å²) in [6.07, 6.45) is 2.19. The van der Waals surface area contributed by atoms with Gasteiger partial charge in [0.15, 0.2) is 5.96 Å². The van der Waals surface area contributed by atoms with Crippen molar-refractivity contribution in [2.75, 3.05) is 20.2 Å². The molecule has 0 spiro atoms. The number of carbonyl (C=O) groups is 1. The minimum absolute atomic E-state index is 0. The number of rotatable bonds is 8. The van der Waals surface area contributed by atoms with Crippen LogP contribution >= 0.6 is 24.0 Å². The first kappa shape index (κ1) is 26.5. The molecule has 1 aromatic rings. The predicted octanol–water partition coefficient (Wildman–Crippen LogP) is 3.42. The summed E-state index contributed by atoms with van der Waals surface area (Å²) < 4.78 is 10.7. The third kappa shape index (κ3) is 10.1. The van der Waals surface area contributed by atoms with Crippen LogP contribution in [0.5, 0.6) is 0 Å². The number of oxazole rings is 1. The molecule has 1 unspecified atom stereocenters. The maximum absolute atomic E-state index is 11.7. The van der Waals surface area contributed by atoms with Crippen LogP contribution in [0.2, 0.25) is 0 Å². The van der Waals surface area contributed by atoms with E-state index in [1.54, 1.807) is 20.2 Å². The van der Waals surface area contributed by atoms with Gasteiger partial charge in [-0.1, -0.05) is 34.6 Å². The Hall–Kier alpha value is -1.52. The van der Waals surface area contributed by atoms with Gasteiger partial charge < -0.3 is 25.1 Å². The number of nitrogens with zero attached hydrogens (tertiary/aromatic N) is 2. The highest BCUT2D eigenvalue weighted by Crippen LogP contribution is 2.22. The van der Waals surface area contributed by atoms with Gasteiger partial charge >= 0.3 is 6.09 Å². The number of hydrogen-bond acceptors (Lipinski definition) is 5. The topological polar surface area (TPSA) is 101 Å². The quantitative estimate of drug-likeness (QED) is 0.282. The van der Waals surface area contributed by atoms with Crippen LogP contribution in [-0.2, 0) is 16.7 Å². The van der Waals surface area contributed by atoms with Gasteiger partial charge in [-0.05, 0) is 19.3 Å². The summed E-state index contributed by atoms with van der Waals surface area (Å²) in [6.45, 7) is 13.6. The van der Waals surface area contributed by atoms with Crippen molar-refractivity contribution >= 4 is 36.0 Å². The second kappa shape index (κ2) is 12.8. The first-order chi connectivity index (χ1) is 12.7. The first-order valence-electron chi connectivity index (χ1n) is 9.48. The van der Waals surface area contributed by atoms with E-state index in [0.29, 0.717) is 37.5 Å². The van der Waals surface area contributed by atoms with E-state index >= 15 is 0 Å². The fraction of sp³-hybridized carbons (Fsp3) is 0.737. The summed E-state index contributed by atoms with van der Waals surface area (Å²) in [4.78, 5) is 20.2. The average Bonchev–Trinajstić information content (AvgIpc) is 3.03. The molecule has 0 bridgehead atoms. The Bertz CT molecular complexity index is 611. The fourth-order valence-electron chi connectivity index (χ4n) is 2.44. The lowest BCUT2D eigenvalue weighted by Crippen LogP contribution is -2.47. The van der Waals surface area contributed by atoms with E-state index in [1.165, 1.54) is 0 Å². The number of alkyl carbamates (subject to hydrolysis) is 1. The van der Waals surface area contributed by atoms with Gasteiger partial charge in [-0.3, -0.25) is 4.99 Å².